The van der Waals surface area contributed by atoms with E-state index < -0.39 is 0 Å². The van der Waals surface area contributed by atoms with Gasteiger partial charge in [-0.05, 0) is 92.1 Å². The normalized spacial score (nSPS) is 16.2. The standard InChI is InChI=1S/C50H55N11O6/c51-34-27-37(52-13-17-66-19-15-54-47(62)43-25-32-21-35(9-11-41(32)60-43)56-49(64)45-23-30-5-1-3-7-39(30)58-45)29-38(28-34)53-14-18-67-20-16-55-48(63)44-26-33-22-36(10-12-42(33)61-44)57-50(65)46-24-31-6-2-4-8-40(31)59-46/h1-12,21-26,34,37-38,52-53,58-61H,13-20,27-29,51H2,(H,54,62)(H,55,63)(H,56,64)(H,57,65)/t34?,37-,38+. The number of fused-ring (bicyclic) bond motifs is 4. The third kappa shape index (κ3) is 11.4. The van der Waals surface area contributed by atoms with E-state index in [1.54, 1.807) is 24.3 Å². The number of aromatic amines is 4. The maximum Gasteiger partial charge on any atom is 0.272 e. The second-order valence-corrected chi connectivity index (χ2v) is 16.9. The van der Waals surface area contributed by atoms with Crippen molar-refractivity contribution in [1.82, 2.24) is 41.2 Å². The van der Waals surface area contributed by atoms with Gasteiger partial charge in [-0.15, -0.1) is 0 Å². The summed E-state index contributed by atoms with van der Waals surface area (Å²) in [6.07, 6.45) is 2.70. The molecule has 1 saturated carbocycles. The van der Waals surface area contributed by atoms with E-state index in [1.165, 1.54) is 0 Å². The lowest BCUT2D eigenvalue weighted by Gasteiger charge is -2.34. The van der Waals surface area contributed by atoms with Gasteiger partial charge in [0.1, 0.15) is 22.8 Å². The van der Waals surface area contributed by atoms with Gasteiger partial charge in [0.15, 0.2) is 0 Å². The minimum absolute atomic E-state index is 0.0803. The summed E-state index contributed by atoms with van der Waals surface area (Å²) in [6.45, 7) is 3.78. The van der Waals surface area contributed by atoms with E-state index in [0.717, 1.165) is 62.9 Å². The number of H-pyrrole nitrogens is 4. The Morgan fingerprint density at radius 3 is 1.30 bits per heavy atom. The Balaban J connectivity index is 0.614. The zero-order chi connectivity index (χ0) is 46.1. The predicted molar refractivity (Wildman–Crippen MR) is 261 cm³/mol. The van der Waals surface area contributed by atoms with E-state index in [9.17, 15) is 19.2 Å². The van der Waals surface area contributed by atoms with Gasteiger partial charge >= 0.3 is 0 Å². The molecule has 346 valence electrons. The largest absolute Gasteiger partial charge is 0.378 e. The van der Waals surface area contributed by atoms with Crippen molar-refractivity contribution in [1.29, 1.82) is 0 Å². The number of nitrogens with two attached hydrogens (primary N) is 1. The monoisotopic (exact) mass is 905 g/mol. The summed E-state index contributed by atoms with van der Waals surface area (Å²) in [5.41, 5.74) is 12.8. The highest BCUT2D eigenvalue weighted by Gasteiger charge is 2.26. The number of nitrogens with one attached hydrogen (secondary N) is 10. The van der Waals surface area contributed by atoms with Crippen LogP contribution in [-0.4, -0.2) is 114 Å². The van der Waals surface area contributed by atoms with Crippen molar-refractivity contribution >= 4 is 78.6 Å². The molecule has 1 aliphatic carbocycles. The first kappa shape index (κ1) is 44.9. The molecule has 17 nitrogen and oxygen atoms in total. The summed E-state index contributed by atoms with van der Waals surface area (Å²) in [5, 5.41) is 22.3. The van der Waals surface area contributed by atoms with Crippen molar-refractivity contribution in [2.24, 2.45) is 5.73 Å². The van der Waals surface area contributed by atoms with E-state index in [4.69, 9.17) is 15.2 Å². The molecule has 9 rings (SSSR count). The number of anilines is 2. The summed E-state index contributed by atoms with van der Waals surface area (Å²) in [5.74, 6) is -0.963. The van der Waals surface area contributed by atoms with Crippen LogP contribution in [0.4, 0.5) is 11.4 Å². The Kier molecular flexibility index (Phi) is 14.0. The fourth-order valence-electron chi connectivity index (χ4n) is 8.69. The smallest absolute Gasteiger partial charge is 0.272 e. The molecule has 17 heteroatoms. The number of carbonyl (C=O) groups is 4. The van der Waals surface area contributed by atoms with Crippen LogP contribution in [0.2, 0.25) is 0 Å². The Labute approximate surface area is 385 Å². The van der Waals surface area contributed by atoms with Crippen LogP contribution in [0.3, 0.4) is 0 Å². The second-order valence-electron chi connectivity index (χ2n) is 16.9. The molecule has 1 aliphatic rings. The highest BCUT2D eigenvalue weighted by atomic mass is 16.5. The molecular weight excluding hydrogens is 851 g/mol. The molecule has 1 fully saturated rings. The summed E-state index contributed by atoms with van der Waals surface area (Å²) in [6, 6.07) is 34.1. The van der Waals surface area contributed by atoms with Gasteiger partial charge in [-0.3, -0.25) is 19.2 Å². The molecule has 4 heterocycles. The summed E-state index contributed by atoms with van der Waals surface area (Å²) in [7, 11) is 0. The molecule has 0 aliphatic heterocycles. The first-order valence-corrected chi connectivity index (χ1v) is 22.7. The van der Waals surface area contributed by atoms with Gasteiger partial charge in [0.2, 0.25) is 0 Å². The maximum atomic E-state index is 12.9. The minimum Gasteiger partial charge on any atom is -0.378 e. The zero-order valence-electron chi connectivity index (χ0n) is 36.9. The topological polar surface area (TPSA) is 248 Å². The van der Waals surface area contributed by atoms with Gasteiger partial charge in [-0.25, -0.2) is 0 Å². The van der Waals surface area contributed by atoms with Crippen LogP contribution >= 0.6 is 0 Å². The third-order valence-corrected chi connectivity index (χ3v) is 12.0. The highest BCUT2D eigenvalue weighted by Crippen LogP contribution is 2.24. The zero-order valence-corrected chi connectivity index (χ0v) is 36.9. The predicted octanol–water partition coefficient (Wildman–Crippen LogP) is 5.74. The van der Waals surface area contributed by atoms with Crippen molar-refractivity contribution in [3.8, 4) is 0 Å². The molecule has 12 N–H and O–H groups in total. The van der Waals surface area contributed by atoms with Gasteiger partial charge in [-0.2, -0.15) is 0 Å². The quantitative estimate of drug-likeness (QED) is 0.0417. The molecule has 4 aromatic heterocycles. The van der Waals surface area contributed by atoms with Crippen molar-refractivity contribution in [3.05, 3.63) is 132 Å². The van der Waals surface area contributed by atoms with Crippen LogP contribution in [0.5, 0.6) is 0 Å². The summed E-state index contributed by atoms with van der Waals surface area (Å²) < 4.78 is 11.6. The summed E-state index contributed by atoms with van der Waals surface area (Å²) in [4.78, 5) is 64.1. The third-order valence-electron chi connectivity index (χ3n) is 12.0. The fourth-order valence-corrected chi connectivity index (χ4v) is 8.69. The molecule has 8 aromatic rings. The SMILES string of the molecule is NC1C[C@@H](NCCOCCNC(=O)c2cc3cc(NC(=O)c4cc5ccccc5[nH]4)ccc3[nH]2)C[C@@H](NCCOCCNC(=O)c2cc3cc(NC(=O)c4cc5ccccc5[nH]4)ccc3[nH]2)C1. The summed E-state index contributed by atoms with van der Waals surface area (Å²) >= 11 is 0. The van der Waals surface area contributed by atoms with Crippen LogP contribution in [0.25, 0.3) is 43.6 Å². The fraction of sp³-hybridized carbons (Fsp3) is 0.280. The molecule has 0 radical (unpaired) electrons. The van der Waals surface area contributed by atoms with E-state index in [1.807, 2.05) is 84.9 Å². The number of para-hydroxylation sites is 2. The van der Waals surface area contributed by atoms with E-state index in [2.05, 4.69) is 51.8 Å². The Hall–Kier alpha value is -7.28. The van der Waals surface area contributed by atoms with Gasteiger partial charge in [0, 0.05) is 99.3 Å². The van der Waals surface area contributed by atoms with Crippen LogP contribution in [-0.2, 0) is 9.47 Å². The molecule has 3 atom stereocenters. The average molecular weight is 906 g/mol. The number of carbonyl (C=O) groups excluding carboxylic acids is 4. The Bertz CT molecular complexity index is 2760. The number of benzene rings is 4. The average Bonchev–Trinajstić information content (AvgIpc) is 4.15. The number of hydrogen-bond donors (Lipinski definition) is 11. The Morgan fingerprint density at radius 2 is 0.851 bits per heavy atom. The molecule has 0 saturated heterocycles. The van der Waals surface area contributed by atoms with E-state index in [-0.39, 0.29) is 41.8 Å². The molecule has 0 bridgehead atoms. The van der Waals surface area contributed by atoms with Crippen molar-refractivity contribution in [2.75, 3.05) is 63.2 Å². The van der Waals surface area contributed by atoms with E-state index in [0.29, 0.717) is 86.8 Å². The van der Waals surface area contributed by atoms with E-state index >= 15 is 0 Å². The molecule has 4 amide bonds. The molecular formula is C50H55N11O6. The van der Waals surface area contributed by atoms with Crippen molar-refractivity contribution in [2.45, 2.75) is 37.4 Å². The molecule has 67 heavy (non-hydrogen) atoms. The van der Waals surface area contributed by atoms with Gasteiger partial charge < -0.3 is 67.0 Å². The minimum atomic E-state index is -0.244. The number of amides is 4. The van der Waals surface area contributed by atoms with Crippen LogP contribution < -0.4 is 37.6 Å². The van der Waals surface area contributed by atoms with Crippen LogP contribution in [0.1, 0.15) is 61.2 Å². The van der Waals surface area contributed by atoms with Crippen molar-refractivity contribution in [3.63, 3.8) is 0 Å². The van der Waals surface area contributed by atoms with Crippen LogP contribution in [0.15, 0.2) is 109 Å². The first-order valence-electron chi connectivity index (χ1n) is 22.7. The second kappa shape index (κ2) is 20.9. The number of hydrogen-bond acceptors (Lipinski definition) is 9. The Morgan fingerprint density at radius 1 is 0.463 bits per heavy atom. The van der Waals surface area contributed by atoms with Gasteiger partial charge in [0.05, 0.1) is 26.4 Å². The number of aromatic nitrogens is 4. The maximum absolute atomic E-state index is 12.9. The van der Waals surface area contributed by atoms with Gasteiger partial charge in [-0.1, -0.05) is 36.4 Å². The lowest BCUT2D eigenvalue weighted by molar-refractivity contribution is 0.0906. The molecule has 1 unspecified atom stereocenters. The van der Waals surface area contributed by atoms with Crippen molar-refractivity contribution < 1.29 is 28.7 Å². The van der Waals surface area contributed by atoms with Gasteiger partial charge in [0.25, 0.3) is 23.6 Å². The van der Waals surface area contributed by atoms with Crippen LogP contribution in [0, 0.1) is 0 Å². The lowest BCUT2D eigenvalue weighted by atomic mass is 9.87. The molecule has 4 aromatic carbocycles. The number of ether oxygens (including phenoxy) is 2. The highest BCUT2D eigenvalue weighted by molar-refractivity contribution is 6.08. The molecule has 0 spiro atoms. The lowest BCUT2D eigenvalue weighted by Crippen LogP contribution is -2.50. The number of rotatable bonds is 20. The first-order chi connectivity index (χ1) is 32.7.